The number of ketones is 1. The Labute approximate surface area is 168 Å². The van der Waals surface area contributed by atoms with Crippen LogP contribution in [-0.4, -0.2) is 30.5 Å². The summed E-state index contributed by atoms with van der Waals surface area (Å²) in [5, 5.41) is 2.33. The molecule has 3 aromatic rings. The van der Waals surface area contributed by atoms with Crippen molar-refractivity contribution in [3.8, 4) is 16.3 Å². The number of carbonyl (C=O) groups is 2. The summed E-state index contributed by atoms with van der Waals surface area (Å²) < 4.78 is 10.3. The molecule has 0 spiro atoms. The Kier molecular flexibility index (Phi) is 5.90. The number of aryl methyl sites for hydroxylation is 3. The van der Waals surface area contributed by atoms with Gasteiger partial charge >= 0.3 is 5.97 Å². The molecule has 0 aliphatic rings. The minimum absolute atomic E-state index is 0.195. The molecular formula is C22H21NO4S. The first-order chi connectivity index (χ1) is 13.4. The summed E-state index contributed by atoms with van der Waals surface area (Å²) in [5.41, 5.74) is 4.68. The van der Waals surface area contributed by atoms with Crippen LogP contribution in [0, 0.1) is 20.8 Å². The van der Waals surface area contributed by atoms with E-state index >= 15 is 0 Å². The van der Waals surface area contributed by atoms with Crippen molar-refractivity contribution in [1.29, 1.82) is 0 Å². The molecule has 0 atom stereocenters. The molecule has 144 valence electrons. The van der Waals surface area contributed by atoms with Gasteiger partial charge in [-0.1, -0.05) is 6.07 Å². The molecule has 1 aromatic heterocycles. The third-order valence-corrected chi connectivity index (χ3v) is 5.42. The van der Waals surface area contributed by atoms with Gasteiger partial charge in [0, 0.05) is 16.5 Å². The Morgan fingerprint density at radius 1 is 1.00 bits per heavy atom. The van der Waals surface area contributed by atoms with Crippen LogP contribution in [0.25, 0.3) is 10.6 Å². The number of hydrogen-bond acceptors (Lipinski definition) is 6. The number of Topliss-reactive ketones (excluding diaryl/α,β-unsaturated/α-hetero) is 1. The van der Waals surface area contributed by atoms with Crippen LogP contribution in [0.15, 0.2) is 41.8 Å². The van der Waals surface area contributed by atoms with Crippen LogP contribution >= 0.6 is 11.3 Å². The maximum Gasteiger partial charge on any atom is 0.358 e. The lowest BCUT2D eigenvalue weighted by atomic mass is 9.98. The Morgan fingerprint density at radius 2 is 1.68 bits per heavy atom. The fourth-order valence-corrected chi connectivity index (χ4v) is 3.57. The van der Waals surface area contributed by atoms with E-state index in [4.69, 9.17) is 9.47 Å². The zero-order valence-corrected chi connectivity index (χ0v) is 17.1. The van der Waals surface area contributed by atoms with Gasteiger partial charge in [-0.15, -0.1) is 11.3 Å². The van der Waals surface area contributed by atoms with E-state index in [0.717, 1.165) is 28.0 Å². The number of methoxy groups -OCH3 is 1. The highest BCUT2D eigenvalue weighted by atomic mass is 32.1. The largest absolute Gasteiger partial charge is 0.497 e. The predicted octanol–water partition coefficient (Wildman–Crippen LogP) is 4.78. The number of hydrogen-bond donors (Lipinski definition) is 0. The highest BCUT2D eigenvalue weighted by Crippen LogP contribution is 2.26. The minimum Gasteiger partial charge on any atom is -0.497 e. The van der Waals surface area contributed by atoms with Crippen LogP contribution in [0.4, 0.5) is 0 Å². The molecule has 3 rings (SSSR count). The zero-order valence-electron chi connectivity index (χ0n) is 16.2. The van der Waals surface area contributed by atoms with Crippen molar-refractivity contribution in [3.63, 3.8) is 0 Å². The van der Waals surface area contributed by atoms with E-state index in [-0.39, 0.29) is 18.1 Å². The highest BCUT2D eigenvalue weighted by Gasteiger charge is 2.17. The molecule has 0 saturated heterocycles. The fraction of sp³-hybridized carbons (Fsp3) is 0.227. The Hall–Kier alpha value is -2.99. The fourth-order valence-electron chi connectivity index (χ4n) is 2.78. The van der Waals surface area contributed by atoms with E-state index in [2.05, 4.69) is 4.98 Å². The van der Waals surface area contributed by atoms with Crippen LogP contribution in [0.5, 0.6) is 5.75 Å². The quantitative estimate of drug-likeness (QED) is 0.444. The van der Waals surface area contributed by atoms with Gasteiger partial charge in [-0.3, -0.25) is 4.79 Å². The van der Waals surface area contributed by atoms with Gasteiger partial charge in [0.25, 0.3) is 0 Å². The number of rotatable bonds is 6. The van der Waals surface area contributed by atoms with Crippen molar-refractivity contribution in [2.75, 3.05) is 13.7 Å². The summed E-state index contributed by atoms with van der Waals surface area (Å²) >= 11 is 1.34. The van der Waals surface area contributed by atoms with Crippen LogP contribution in [0.3, 0.4) is 0 Å². The number of nitrogens with zero attached hydrogens (tertiary/aromatic N) is 1. The first-order valence-electron chi connectivity index (χ1n) is 8.77. The maximum absolute atomic E-state index is 12.4. The van der Waals surface area contributed by atoms with Gasteiger partial charge < -0.3 is 9.47 Å². The predicted molar refractivity (Wildman–Crippen MR) is 109 cm³/mol. The van der Waals surface area contributed by atoms with Gasteiger partial charge in [-0.05, 0) is 67.8 Å². The zero-order chi connectivity index (χ0) is 20.3. The normalized spacial score (nSPS) is 10.6. The maximum atomic E-state index is 12.4. The van der Waals surface area contributed by atoms with E-state index in [1.165, 1.54) is 11.3 Å². The second-order valence-electron chi connectivity index (χ2n) is 6.52. The molecule has 6 heteroatoms. The number of ether oxygens (including phenoxy) is 2. The smallest absolute Gasteiger partial charge is 0.358 e. The van der Waals surface area contributed by atoms with Crippen molar-refractivity contribution in [3.05, 3.63) is 69.7 Å². The second-order valence-corrected chi connectivity index (χ2v) is 7.38. The molecule has 1 heterocycles. The molecule has 0 radical (unpaired) electrons. The van der Waals surface area contributed by atoms with Crippen molar-refractivity contribution in [1.82, 2.24) is 4.98 Å². The van der Waals surface area contributed by atoms with E-state index in [9.17, 15) is 9.59 Å². The van der Waals surface area contributed by atoms with Crippen molar-refractivity contribution in [2.45, 2.75) is 20.8 Å². The van der Waals surface area contributed by atoms with Crippen LogP contribution < -0.4 is 4.74 Å². The van der Waals surface area contributed by atoms with Crippen LogP contribution in [0.1, 0.15) is 37.5 Å². The van der Waals surface area contributed by atoms with E-state index in [0.29, 0.717) is 10.6 Å². The highest BCUT2D eigenvalue weighted by molar-refractivity contribution is 7.13. The average Bonchev–Trinajstić information content (AvgIpc) is 3.19. The SMILES string of the molecule is COc1ccc(-c2nc(C(=O)OCC(=O)c3cc(C)c(C)cc3C)cs2)cc1. The number of benzene rings is 2. The van der Waals surface area contributed by atoms with Crippen LogP contribution in [-0.2, 0) is 4.74 Å². The lowest BCUT2D eigenvalue weighted by molar-refractivity contribution is 0.0469. The molecule has 2 aromatic carbocycles. The average molecular weight is 395 g/mol. The number of thiazole rings is 1. The Morgan fingerprint density at radius 3 is 2.36 bits per heavy atom. The number of esters is 1. The molecule has 0 unspecified atom stereocenters. The molecule has 0 aliphatic heterocycles. The van der Waals surface area contributed by atoms with E-state index < -0.39 is 5.97 Å². The third kappa shape index (κ3) is 4.28. The van der Waals surface area contributed by atoms with Crippen molar-refractivity contribution >= 4 is 23.1 Å². The monoisotopic (exact) mass is 395 g/mol. The lowest BCUT2D eigenvalue weighted by Gasteiger charge is -2.09. The number of carbonyl (C=O) groups excluding carboxylic acids is 2. The van der Waals surface area contributed by atoms with Crippen molar-refractivity contribution in [2.24, 2.45) is 0 Å². The summed E-state index contributed by atoms with van der Waals surface area (Å²) in [6.45, 7) is 5.52. The topological polar surface area (TPSA) is 65.5 Å². The second kappa shape index (κ2) is 8.35. The summed E-state index contributed by atoms with van der Waals surface area (Å²) in [5.74, 6) is -0.0782. The summed E-state index contributed by atoms with van der Waals surface area (Å²) in [6.07, 6.45) is 0. The molecule has 0 amide bonds. The van der Waals surface area contributed by atoms with Gasteiger partial charge in [0.15, 0.2) is 12.3 Å². The molecule has 0 aliphatic carbocycles. The number of aromatic nitrogens is 1. The minimum atomic E-state index is -0.606. The Bertz CT molecular complexity index is 1020. The van der Waals surface area contributed by atoms with Gasteiger partial charge in [0.1, 0.15) is 10.8 Å². The van der Waals surface area contributed by atoms with Gasteiger partial charge in [-0.2, -0.15) is 0 Å². The van der Waals surface area contributed by atoms with E-state index in [1.807, 2.05) is 57.2 Å². The summed E-state index contributed by atoms with van der Waals surface area (Å²) in [6, 6.07) is 11.2. The molecule has 0 N–H and O–H groups in total. The van der Waals surface area contributed by atoms with Gasteiger partial charge in [0.05, 0.1) is 7.11 Å². The molecule has 5 nitrogen and oxygen atoms in total. The van der Waals surface area contributed by atoms with Gasteiger partial charge in [-0.25, -0.2) is 9.78 Å². The van der Waals surface area contributed by atoms with Crippen LogP contribution in [0.2, 0.25) is 0 Å². The third-order valence-electron chi connectivity index (χ3n) is 4.53. The molecule has 28 heavy (non-hydrogen) atoms. The molecule has 0 fully saturated rings. The summed E-state index contributed by atoms with van der Waals surface area (Å²) in [4.78, 5) is 29.0. The standard InChI is InChI=1S/C22H21NO4S/c1-13-9-15(3)18(10-14(13)2)20(24)11-27-22(25)19-12-28-21(23-19)16-5-7-17(26-4)8-6-16/h5-10,12H,11H2,1-4H3. The molecular weight excluding hydrogens is 374 g/mol. The molecule has 0 bridgehead atoms. The lowest BCUT2D eigenvalue weighted by Crippen LogP contribution is -2.15. The molecule has 0 saturated carbocycles. The summed E-state index contributed by atoms with van der Waals surface area (Å²) in [7, 11) is 1.60. The Balaban J connectivity index is 1.66. The van der Waals surface area contributed by atoms with Gasteiger partial charge in [0.2, 0.25) is 5.78 Å². The first-order valence-corrected chi connectivity index (χ1v) is 9.65. The van der Waals surface area contributed by atoms with Crippen molar-refractivity contribution < 1.29 is 19.1 Å². The van der Waals surface area contributed by atoms with E-state index in [1.54, 1.807) is 12.5 Å². The first kappa shape index (κ1) is 19.8.